The topological polar surface area (TPSA) is 52.7 Å². The van der Waals surface area contributed by atoms with Crippen molar-refractivity contribution in [2.75, 3.05) is 31.1 Å². The molecule has 0 bridgehead atoms. The van der Waals surface area contributed by atoms with Crippen molar-refractivity contribution in [3.05, 3.63) is 65.7 Å². The van der Waals surface area contributed by atoms with E-state index in [2.05, 4.69) is 35.3 Å². The third-order valence-electron chi connectivity index (χ3n) is 4.42. The molecule has 0 atom stereocenters. The summed E-state index contributed by atoms with van der Waals surface area (Å²) in [6.07, 6.45) is 0. The van der Waals surface area contributed by atoms with Gasteiger partial charge in [-0.15, -0.1) is 0 Å². The van der Waals surface area contributed by atoms with Crippen molar-refractivity contribution in [1.82, 2.24) is 10.2 Å². The van der Waals surface area contributed by atoms with Crippen LogP contribution in [0.4, 0.5) is 5.69 Å². The summed E-state index contributed by atoms with van der Waals surface area (Å²) in [5.74, 6) is -0.979. The smallest absolute Gasteiger partial charge is 0.312 e. The Morgan fingerprint density at radius 3 is 2.36 bits per heavy atom. The fourth-order valence-electron chi connectivity index (χ4n) is 2.99. The van der Waals surface area contributed by atoms with E-state index in [1.807, 2.05) is 36.4 Å². The van der Waals surface area contributed by atoms with Gasteiger partial charge in [-0.3, -0.25) is 9.59 Å². The molecule has 0 aliphatic carbocycles. The number of aryl methyl sites for hydroxylation is 1. The SMILES string of the molecule is Cc1cccc(N2CCN(C(=O)C(=O)NCc3ccccc3)CC2)c1. The maximum atomic E-state index is 12.3. The number of amides is 2. The zero-order valence-corrected chi connectivity index (χ0v) is 14.4. The summed E-state index contributed by atoms with van der Waals surface area (Å²) in [6, 6.07) is 17.9. The van der Waals surface area contributed by atoms with Crippen molar-refractivity contribution >= 4 is 17.5 Å². The van der Waals surface area contributed by atoms with E-state index in [0.29, 0.717) is 19.6 Å². The minimum atomic E-state index is -0.534. The van der Waals surface area contributed by atoms with Crippen molar-refractivity contribution < 1.29 is 9.59 Å². The molecule has 0 unspecified atom stereocenters. The van der Waals surface area contributed by atoms with Crippen molar-refractivity contribution in [3.8, 4) is 0 Å². The molecule has 3 rings (SSSR count). The van der Waals surface area contributed by atoms with E-state index in [1.165, 1.54) is 11.3 Å². The van der Waals surface area contributed by atoms with Crippen LogP contribution in [0.5, 0.6) is 0 Å². The number of nitrogens with one attached hydrogen (secondary N) is 1. The molecule has 1 heterocycles. The summed E-state index contributed by atoms with van der Waals surface area (Å²) >= 11 is 0. The van der Waals surface area contributed by atoms with Gasteiger partial charge in [0.15, 0.2) is 0 Å². The van der Waals surface area contributed by atoms with Gasteiger partial charge in [-0.2, -0.15) is 0 Å². The highest BCUT2D eigenvalue weighted by molar-refractivity contribution is 6.35. The highest BCUT2D eigenvalue weighted by atomic mass is 16.2. The lowest BCUT2D eigenvalue weighted by Crippen LogP contribution is -2.52. The molecule has 0 aromatic heterocycles. The van der Waals surface area contributed by atoms with E-state index in [4.69, 9.17) is 0 Å². The number of hydrogen-bond donors (Lipinski definition) is 1. The minimum absolute atomic E-state index is 0.370. The van der Waals surface area contributed by atoms with Crippen LogP contribution in [0.15, 0.2) is 54.6 Å². The van der Waals surface area contributed by atoms with Gasteiger partial charge >= 0.3 is 11.8 Å². The Labute approximate surface area is 148 Å². The third kappa shape index (κ3) is 4.38. The zero-order chi connectivity index (χ0) is 17.6. The Morgan fingerprint density at radius 2 is 1.68 bits per heavy atom. The highest BCUT2D eigenvalue weighted by Gasteiger charge is 2.25. The van der Waals surface area contributed by atoms with Crippen LogP contribution in [0.3, 0.4) is 0 Å². The van der Waals surface area contributed by atoms with Gasteiger partial charge in [0, 0.05) is 38.4 Å². The molecule has 1 fully saturated rings. The first-order valence-electron chi connectivity index (χ1n) is 8.56. The molecule has 1 N–H and O–H groups in total. The summed E-state index contributed by atoms with van der Waals surface area (Å²) in [4.78, 5) is 28.3. The largest absolute Gasteiger partial charge is 0.368 e. The predicted molar refractivity (Wildman–Crippen MR) is 98.3 cm³/mol. The molecule has 0 radical (unpaired) electrons. The van der Waals surface area contributed by atoms with Gasteiger partial charge in [0.25, 0.3) is 0 Å². The minimum Gasteiger partial charge on any atom is -0.368 e. The Bertz CT molecular complexity index is 738. The van der Waals surface area contributed by atoms with Crippen molar-refractivity contribution in [2.24, 2.45) is 0 Å². The normalized spacial score (nSPS) is 14.3. The molecule has 0 saturated carbocycles. The van der Waals surface area contributed by atoms with Crippen LogP contribution < -0.4 is 10.2 Å². The standard InChI is InChI=1S/C20H23N3O2/c1-16-6-5-9-18(14-16)22-10-12-23(13-11-22)20(25)19(24)21-15-17-7-3-2-4-8-17/h2-9,14H,10-13,15H2,1H3,(H,21,24). The number of anilines is 1. The molecule has 1 aliphatic heterocycles. The molecule has 1 saturated heterocycles. The van der Waals surface area contributed by atoms with Crippen LogP contribution in [-0.4, -0.2) is 42.9 Å². The number of piperazine rings is 1. The van der Waals surface area contributed by atoms with Crippen LogP contribution in [0, 0.1) is 6.92 Å². The van der Waals surface area contributed by atoms with Crippen LogP contribution in [0.1, 0.15) is 11.1 Å². The van der Waals surface area contributed by atoms with Gasteiger partial charge in [0.2, 0.25) is 0 Å². The number of carbonyl (C=O) groups is 2. The lowest BCUT2D eigenvalue weighted by atomic mass is 10.2. The van der Waals surface area contributed by atoms with E-state index in [-0.39, 0.29) is 0 Å². The average molecular weight is 337 g/mol. The van der Waals surface area contributed by atoms with E-state index in [9.17, 15) is 9.59 Å². The summed E-state index contributed by atoms with van der Waals surface area (Å²) in [5.41, 5.74) is 3.37. The monoisotopic (exact) mass is 337 g/mol. The highest BCUT2D eigenvalue weighted by Crippen LogP contribution is 2.17. The fourth-order valence-corrected chi connectivity index (χ4v) is 2.99. The van der Waals surface area contributed by atoms with Crippen LogP contribution in [0.2, 0.25) is 0 Å². The molecule has 2 amide bonds. The van der Waals surface area contributed by atoms with E-state index >= 15 is 0 Å². The van der Waals surface area contributed by atoms with Gasteiger partial charge in [-0.1, -0.05) is 42.5 Å². The first kappa shape index (κ1) is 17.0. The Morgan fingerprint density at radius 1 is 0.960 bits per heavy atom. The molecule has 25 heavy (non-hydrogen) atoms. The van der Waals surface area contributed by atoms with E-state index in [1.54, 1.807) is 4.90 Å². The number of carbonyl (C=O) groups excluding carboxylic acids is 2. The van der Waals surface area contributed by atoms with Crippen LogP contribution >= 0.6 is 0 Å². The molecule has 1 aliphatic rings. The van der Waals surface area contributed by atoms with Crippen molar-refractivity contribution in [3.63, 3.8) is 0 Å². The predicted octanol–water partition coefficient (Wildman–Crippen LogP) is 1.96. The molecule has 5 heteroatoms. The summed E-state index contributed by atoms with van der Waals surface area (Å²) in [5, 5.41) is 2.70. The Kier molecular flexibility index (Phi) is 5.33. The summed E-state index contributed by atoms with van der Waals surface area (Å²) < 4.78 is 0. The molecular weight excluding hydrogens is 314 g/mol. The van der Waals surface area contributed by atoms with Crippen molar-refractivity contribution in [2.45, 2.75) is 13.5 Å². The van der Waals surface area contributed by atoms with Gasteiger partial charge < -0.3 is 15.1 Å². The molecule has 5 nitrogen and oxygen atoms in total. The number of benzene rings is 2. The van der Waals surface area contributed by atoms with Crippen LogP contribution in [-0.2, 0) is 16.1 Å². The van der Waals surface area contributed by atoms with Gasteiger partial charge in [-0.05, 0) is 30.2 Å². The zero-order valence-electron chi connectivity index (χ0n) is 14.4. The number of nitrogens with zero attached hydrogens (tertiary/aromatic N) is 2. The quantitative estimate of drug-likeness (QED) is 0.871. The maximum Gasteiger partial charge on any atom is 0.312 e. The first-order chi connectivity index (χ1) is 12.1. The molecule has 2 aromatic carbocycles. The first-order valence-corrected chi connectivity index (χ1v) is 8.56. The van der Waals surface area contributed by atoms with E-state index in [0.717, 1.165) is 18.7 Å². The lowest BCUT2D eigenvalue weighted by Gasteiger charge is -2.35. The van der Waals surface area contributed by atoms with Gasteiger partial charge in [-0.25, -0.2) is 0 Å². The molecular formula is C20H23N3O2. The fraction of sp³-hybridized carbons (Fsp3) is 0.300. The second kappa shape index (κ2) is 7.83. The Balaban J connectivity index is 1.50. The second-order valence-corrected chi connectivity index (χ2v) is 6.29. The third-order valence-corrected chi connectivity index (χ3v) is 4.42. The summed E-state index contributed by atoms with van der Waals surface area (Å²) in [7, 11) is 0. The van der Waals surface area contributed by atoms with Gasteiger partial charge in [0.05, 0.1) is 0 Å². The number of hydrogen-bond acceptors (Lipinski definition) is 3. The van der Waals surface area contributed by atoms with E-state index < -0.39 is 11.8 Å². The molecule has 2 aromatic rings. The number of rotatable bonds is 3. The van der Waals surface area contributed by atoms with Crippen LogP contribution in [0.25, 0.3) is 0 Å². The molecule has 0 spiro atoms. The Hall–Kier alpha value is -2.82. The second-order valence-electron chi connectivity index (χ2n) is 6.29. The maximum absolute atomic E-state index is 12.3. The van der Waals surface area contributed by atoms with Gasteiger partial charge in [0.1, 0.15) is 0 Å². The summed E-state index contributed by atoms with van der Waals surface area (Å²) in [6.45, 7) is 5.04. The van der Waals surface area contributed by atoms with Crippen molar-refractivity contribution in [1.29, 1.82) is 0 Å². The average Bonchev–Trinajstić information content (AvgIpc) is 2.66. The lowest BCUT2D eigenvalue weighted by molar-refractivity contribution is -0.146. The molecule has 130 valence electrons.